The van der Waals surface area contributed by atoms with Gasteiger partial charge >= 0.3 is 17.9 Å². The quantitative estimate of drug-likeness (QED) is 0.294. The van der Waals surface area contributed by atoms with Gasteiger partial charge in [-0.3, -0.25) is 4.79 Å². The molecule has 0 aromatic heterocycles. The fourth-order valence-corrected chi connectivity index (χ4v) is 1.45. The van der Waals surface area contributed by atoms with Gasteiger partial charge in [0, 0.05) is 0 Å². The second-order valence-corrected chi connectivity index (χ2v) is 5.36. The minimum atomic E-state index is -2.32. The number of likely N-dealkylation sites (N-methyl/N-ethyl adjacent to an activating group) is 1. The van der Waals surface area contributed by atoms with E-state index in [0.29, 0.717) is 4.48 Å². The van der Waals surface area contributed by atoms with Crippen LogP contribution in [-0.2, 0) is 19.1 Å². The van der Waals surface area contributed by atoms with Crippen molar-refractivity contribution in [3.8, 4) is 0 Å². The molecule has 9 heteroatoms. The summed E-state index contributed by atoms with van der Waals surface area (Å²) in [5, 5.41) is 35.5. The molecule has 116 valence electrons. The molecule has 0 heterocycles. The summed E-state index contributed by atoms with van der Waals surface area (Å²) < 4.78 is 5.06. The van der Waals surface area contributed by atoms with Crippen molar-refractivity contribution in [1.82, 2.24) is 0 Å². The summed E-state index contributed by atoms with van der Waals surface area (Å²) in [4.78, 5) is 32.6. The third kappa shape index (κ3) is 7.02. The third-order valence-corrected chi connectivity index (χ3v) is 2.23. The lowest BCUT2D eigenvalue weighted by molar-refractivity contribution is -0.873. The Balaban J connectivity index is 4.76. The van der Waals surface area contributed by atoms with Gasteiger partial charge in [0.25, 0.3) is 0 Å². The highest BCUT2D eigenvalue weighted by Gasteiger charge is 2.34. The summed E-state index contributed by atoms with van der Waals surface area (Å²) in [5.74, 6) is -4.36. The molecule has 0 aromatic carbocycles. The molecule has 3 atom stereocenters. The number of carboxylic acids is 2. The van der Waals surface area contributed by atoms with Crippen LogP contribution in [0.1, 0.15) is 6.42 Å². The van der Waals surface area contributed by atoms with Gasteiger partial charge in [0.15, 0.2) is 18.3 Å². The number of rotatable bonds is 8. The van der Waals surface area contributed by atoms with Crippen LogP contribution in [0, 0.1) is 0 Å². The predicted molar refractivity (Wildman–Crippen MR) is 64.7 cm³/mol. The van der Waals surface area contributed by atoms with E-state index in [0.717, 1.165) is 0 Å². The van der Waals surface area contributed by atoms with Gasteiger partial charge in [-0.15, -0.1) is 0 Å². The van der Waals surface area contributed by atoms with E-state index >= 15 is 0 Å². The normalized spacial score (nSPS) is 16.1. The Morgan fingerprint density at radius 2 is 1.55 bits per heavy atom. The lowest BCUT2D eigenvalue weighted by Crippen LogP contribution is -2.47. The molecule has 0 aliphatic rings. The predicted octanol–water partition coefficient (Wildman–Crippen LogP) is -2.11. The first-order valence-corrected chi connectivity index (χ1v) is 5.75. The van der Waals surface area contributed by atoms with Crippen LogP contribution in [0.25, 0.3) is 0 Å². The maximum absolute atomic E-state index is 11.5. The third-order valence-electron chi connectivity index (χ3n) is 2.23. The first kappa shape index (κ1) is 18.3. The Kier molecular flexibility index (Phi) is 6.56. The van der Waals surface area contributed by atoms with Crippen molar-refractivity contribution in [2.75, 3.05) is 27.7 Å². The molecule has 0 fully saturated rings. The van der Waals surface area contributed by atoms with Crippen LogP contribution in [0.2, 0.25) is 0 Å². The topological polar surface area (TPSA) is 141 Å². The number of quaternary nitrogens is 1. The van der Waals surface area contributed by atoms with E-state index in [-0.39, 0.29) is 6.54 Å². The molecule has 4 N–H and O–H groups in total. The number of ether oxygens (including phenoxy) is 1. The SMILES string of the molecule is C[N+](C)(C)CC(CC(=O)O)OC(=O)[C@H](O)[C@@H](O)C(=O)O. The first-order chi connectivity index (χ1) is 8.94. The molecule has 0 aliphatic carbocycles. The highest BCUT2D eigenvalue weighted by Crippen LogP contribution is 2.08. The molecule has 0 saturated carbocycles. The van der Waals surface area contributed by atoms with E-state index in [1.165, 1.54) is 0 Å². The standard InChI is InChI=1S/C11H19NO8/c1-12(2,3)5-6(4-7(13)14)20-11(19)9(16)8(15)10(17)18/h6,8-9,15-16H,4-5H2,1-3H3,(H-,13,14,17,18)/p+1/t6?,8-,9-/m1/s1. The smallest absolute Gasteiger partial charge is 0.338 e. The largest absolute Gasteiger partial charge is 0.481 e. The minimum Gasteiger partial charge on any atom is -0.481 e. The second kappa shape index (κ2) is 7.17. The van der Waals surface area contributed by atoms with E-state index in [1.807, 2.05) is 0 Å². The highest BCUT2D eigenvalue weighted by atomic mass is 16.6. The number of nitrogens with zero attached hydrogens (tertiary/aromatic N) is 1. The molecule has 0 bridgehead atoms. The summed E-state index contributed by atoms with van der Waals surface area (Å²) in [7, 11) is 5.22. The van der Waals surface area contributed by atoms with E-state index in [9.17, 15) is 19.5 Å². The molecule has 0 amide bonds. The Bertz CT molecular complexity index is 375. The second-order valence-electron chi connectivity index (χ2n) is 5.36. The first-order valence-electron chi connectivity index (χ1n) is 5.75. The van der Waals surface area contributed by atoms with Crippen LogP contribution >= 0.6 is 0 Å². The maximum Gasteiger partial charge on any atom is 0.338 e. The van der Waals surface area contributed by atoms with E-state index < -0.39 is 42.6 Å². The molecular weight excluding hydrogens is 274 g/mol. The summed E-state index contributed by atoms with van der Waals surface area (Å²) in [5.41, 5.74) is 0. The summed E-state index contributed by atoms with van der Waals surface area (Å²) >= 11 is 0. The lowest BCUT2D eigenvalue weighted by atomic mass is 10.2. The number of carboxylic acid groups (broad SMARTS) is 2. The number of carbonyl (C=O) groups excluding carboxylic acids is 1. The molecule has 0 radical (unpaired) electrons. The molecule has 1 unspecified atom stereocenters. The number of aliphatic carboxylic acids is 2. The number of hydrogen-bond acceptors (Lipinski definition) is 6. The average Bonchev–Trinajstić information content (AvgIpc) is 2.23. The van der Waals surface area contributed by atoms with Gasteiger partial charge in [-0.25, -0.2) is 9.59 Å². The Morgan fingerprint density at radius 3 is 1.90 bits per heavy atom. The summed E-state index contributed by atoms with van der Waals surface area (Å²) in [6.07, 6.45) is -6.12. The molecule has 0 aromatic rings. The average molecular weight is 294 g/mol. The van der Waals surface area contributed by atoms with Crippen molar-refractivity contribution in [2.45, 2.75) is 24.7 Å². The van der Waals surface area contributed by atoms with Crippen molar-refractivity contribution in [3.63, 3.8) is 0 Å². The van der Waals surface area contributed by atoms with Gasteiger partial charge in [-0.2, -0.15) is 0 Å². The van der Waals surface area contributed by atoms with Gasteiger partial charge < -0.3 is 29.6 Å². The van der Waals surface area contributed by atoms with Crippen LogP contribution < -0.4 is 0 Å². The van der Waals surface area contributed by atoms with Gasteiger partial charge in [0.05, 0.1) is 27.6 Å². The van der Waals surface area contributed by atoms with E-state index in [2.05, 4.69) is 0 Å². The van der Waals surface area contributed by atoms with E-state index in [1.54, 1.807) is 21.1 Å². The zero-order chi connectivity index (χ0) is 16.1. The number of carbonyl (C=O) groups is 3. The van der Waals surface area contributed by atoms with E-state index in [4.69, 9.17) is 20.1 Å². The molecule has 20 heavy (non-hydrogen) atoms. The molecule has 0 saturated heterocycles. The number of aliphatic hydroxyl groups is 2. The van der Waals surface area contributed by atoms with Crippen LogP contribution in [0.3, 0.4) is 0 Å². The summed E-state index contributed by atoms with van der Waals surface area (Å²) in [6.45, 7) is 0.147. The number of aliphatic hydroxyl groups excluding tert-OH is 2. The van der Waals surface area contributed by atoms with Crippen LogP contribution in [-0.4, -0.2) is 88.8 Å². The molecule has 0 rings (SSSR count). The van der Waals surface area contributed by atoms with Crippen molar-refractivity contribution in [3.05, 3.63) is 0 Å². The summed E-state index contributed by atoms with van der Waals surface area (Å²) in [6, 6.07) is 0. The van der Waals surface area contributed by atoms with Crippen LogP contribution in [0.15, 0.2) is 0 Å². The fraction of sp³-hybridized carbons (Fsp3) is 0.727. The van der Waals surface area contributed by atoms with Gasteiger partial charge in [-0.05, 0) is 0 Å². The highest BCUT2D eigenvalue weighted by molar-refractivity contribution is 5.84. The van der Waals surface area contributed by atoms with Crippen LogP contribution in [0.5, 0.6) is 0 Å². The zero-order valence-corrected chi connectivity index (χ0v) is 11.5. The number of esters is 1. The zero-order valence-electron chi connectivity index (χ0n) is 11.5. The van der Waals surface area contributed by atoms with Gasteiger partial charge in [-0.1, -0.05) is 0 Å². The van der Waals surface area contributed by atoms with Gasteiger partial charge in [0.2, 0.25) is 0 Å². The molecule has 0 aliphatic heterocycles. The van der Waals surface area contributed by atoms with Gasteiger partial charge in [0.1, 0.15) is 6.54 Å². The van der Waals surface area contributed by atoms with Crippen molar-refractivity contribution in [1.29, 1.82) is 0 Å². The Labute approximate surface area is 115 Å². The van der Waals surface area contributed by atoms with Crippen LogP contribution in [0.4, 0.5) is 0 Å². The lowest BCUT2D eigenvalue weighted by Gasteiger charge is -2.29. The van der Waals surface area contributed by atoms with Crippen molar-refractivity contribution in [2.24, 2.45) is 0 Å². The van der Waals surface area contributed by atoms with Crippen molar-refractivity contribution < 1.29 is 44.0 Å². The molecular formula is C11H20NO8+. The molecule has 9 nitrogen and oxygen atoms in total. The minimum absolute atomic E-state index is 0.147. The molecule has 0 spiro atoms. The maximum atomic E-state index is 11.5. The monoisotopic (exact) mass is 294 g/mol. The van der Waals surface area contributed by atoms with Crippen molar-refractivity contribution >= 4 is 17.9 Å². The Morgan fingerprint density at radius 1 is 1.05 bits per heavy atom. The number of hydrogen-bond donors (Lipinski definition) is 4. The Hall–Kier alpha value is -1.71. The fourth-order valence-electron chi connectivity index (χ4n) is 1.45.